The Morgan fingerprint density at radius 1 is 1.06 bits per heavy atom. The number of aliphatic hydroxyl groups excluding tert-OH is 1. The standard InChI is InChI=1S/C34H29BrF3N5O4/c35-28-11-3-1-8-24(28)20-33(32(45)40-21-22-7-5-9-25(19-22)34(36,37)38)30(27-10-2-4-12-29(27)42-43-39)47-31(41-33)23-13-15-26(16-14-23)46-18-6-17-44/h1-5,7-16,19,30,44H,6,17-18,20-21H2,(H,40,45)/t30-,33-/m1/s1. The summed E-state index contributed by atoms with van der Waals surface area (Å²) in [6.45, 7) is 0.111. The number of azide groups is 1. The first kappa shape index (κ1) is 33.5. The third kappa shape index (κ3) is 7.76. The smallest absolute Gasteiger partial charge is 0.416 e. The van der Waals surface area contributed by atoms with Crippen molar-refractivity contribution in [2.24, 2.45) is 10.1 Å². The van der Waals surface area contributed by atoms with Gasteiger partial charge in [0.1, 0.15) is 5.75 Å². The van der Waals surface area contributed by atoms with Crippen molar-refractivity contribution in [3.05, 3.63) is 140 Å². The second kappa shape index (κ2) is 14.7. The van der Waals surface area contributed by atoms with E-state index >= 15 is 0 Å². The third-order valence-corrected chi connectivity index (χ3v) is 8.30. The molecule has 242 valence electrons. The van der Waals surface area contributed by atoms with Gasteiger partial charge in [-0.25, -0.2) is 4.99 Å². The molecule has 0 saturated carbocycles. The number of aliphatic hydroxyl groups is 1. The lowest BCUT2D eigenvalue weighted by atomic mass is 9.81. The highest BCUT2D eigenvalue weighted by atomic mass is 79.9. The quantitative estimate of drug-likeness (QED) is 0.0669. The average Bonchev–Trinajstić information content (AvgIpc) is 3.45. The van der Waals surface area contributed by atoms with Crippen molar-refractivity contribution in [2.75, 3.05) is 13.2 Å². The number of alkyl halides is 3. The van der Waals surface area contributed by atoms with Crippen molar-refractivity contribution in [3.63, 3.8) is 0 Å². The molecule has 0 aliphatic carbocycles. The Bertz CT molecular complexity index is 1810. The summed E-state index contributed by atoms with van der Waals surface area (Å²) in [6.07, 6.45) is -5.16. The second-order valence-electron chi connectivity index (χ2n) is 10.7. The van der Waals surface area contributed by atoms with E-state index in [4.69, 9.17) is 19.6 Å². The van der Waals surface area contributed by atoms with Gasteiger partial charge in [-0.2, -0.15) is 13.2 Å². The van der Waals surface area contributed by atoms with Crippen LogP contribution in [-0.4, -0.2) is 35.7 Å². The van der Waals surface area contributed by atoms with Gasteiger partial charge in [-0.15, -0.1) is 0 Å². The molecule has 1 aliphatic rings. The fraction of sp³-hybridized carbons (Fsp3) is 0.235. The van der Waals surface area contributed by atoms with Gasteiger partial charge in [-0.05, 0) is 59.1 Å². The van der Waals surface area contributed by atoms with Crippen LogP contribution in [0, 0.1) is 0 Å². The fourth-order valence-corrected chi connectivity index (χ4v) is 5.66. The van der Waals surface area contributed by atoms with E-state index in [9.17, 15) is 23.5 Å². The molecule has 0 radical (unpaired) electrons. The Balaban J connectivity index is 1.60. The van der Waals surface area contributed by atoms with Crippen LogP contribution in [0.4, 0.5) is 18.9 Å². The summed E-state index contributed by atoms with van der Waals surface area (Å²) in [5.41, 5.74) is 8.91. The largest absolute Gasteiger partial charge is 0.494 e. The maximum atomic E-state index is 14.5. The summed E-state index contributed by atoms with van der Waals surface area (Å²) >= 11 is 3.56. The molecule has 2 atom stereocenters. The molecule has 0 bridgehead atoms. The zero-order valence-corrected chi connectivity index (χ0v) is 26.4. The van der Waals surface area contributed by atoms with E-state index in [0.29, 0.717) is 39.9 Å². The number of halogens is 4. The molecule has 0 saturated heterocycles. The SMILES string of the molecule is [N-]=[N+]=Nc1ccccc1[C@H]1OC(c2ccc(OCCCO)cc2)=N[C@@]1(Cc1ccccc1Br)C(=O)NCc1cccc(C(F)(F)F)c1. The van der Waals surface area contributed by atoms with Gasteiger partial charge in [-0.3, -0.25) is 4.79 Å². The number of carbonyl (C=O) groups is 1. The van der Waals surface area contributed by atoms with Gasteiger partial charge >= 0.3 is 6.18 Å². The summed E-state index contributed by atoms with van der Waals surface area (Å²) in [5, 5.41) is 15.7. The number of hydrogen-bond acceptors (Lipinski definition) is 6. The van der Waals surface area contributed by atoms with Gasteiger partial charge in [0.25, 0.3) is 5.91 Å². The maximum absolute atomic E-state index is 14.5. The molecule has 2 N–H and O–H groups in total. The van der Waals surface area contributed by atoms with Crippen LogP contribution < -0.4 is 10.1 Å². The third-order valence-electron chi connectivity index (χ3n) is 7.53. The van der Waals surface area contributed by atoms with E-state index in [2.05, 4.69) is 31.3 Å². The molecule has 0 unspecified atom stereocenters. The minimum absolute atomic E-state index is 0.00310. The molecular weight excluding hydrogens is 679 g/mol. The van der Waals surface area contributed by atoms with Crippen molar-refractivity contribution >= 4 is 33.4 Å². The van der Waals surface area contributed by atoms with Crippen LogP contribution >= 0.6 is 15.9 Å². The second-order valence-corrected chi connectivity index (χ2v) is 11.5. The molecule has 5 rings (SSSR count). The number of amides is 1. The Kier molecular flexibility index (Phi) is 10.5. The number of aliphatic imine (C=N–C) groups is 1. The minimum Gasteiger partial charge on any atom is -0.494 e. The highest BCUT2D eigenvalue weighted by molar-refractivity contribution is 9.10. The number of benzene rings is 4. The molecule has 13 heteroatoms. The minimum atomic E-state index is -4.55. The first-order chi connectivity index (χ1) is 22.6. The molecule has 4 aromatic carbocycles. The van der Waals surface area contributed by atoms with E-state index in [1.54, 1.807) is 48.5 Å². The lowest BCUT2D eigenvalue weighted by Crippen LogP contribution is -2.49. The molecule has 4 aromatic rings. The number of carbonyl (C=O) groups excluding carboxylic acids is 1. The van der Waals surface area contributed by atoms with Crippen molar-refractivity contribution in [2.45, 2.75) is 37.2 Å². The number of nitrogens with zero attached hydrogens (tertiary/aromatic N) is 4. The van der Waals surface area contributed by atoms with E-state index in [1.807, 2.05) is 24.3 Å². The first-order valence-electron chi connectivity index (χ1n) is 14.6. The van der Waals surface area contributed by atoms with E-state index in [0.717, 1.165) is 12.1 Å². The van der Waals surface area contributed by atoms with Crippen molar-refractivity contribution in [1.82, 2.24) is 5.32 Å². The number of nitrogens with one attached hydrogen (secondary N) is 1. The van der Waals surface area contributed by atoms with Crippen LogP contribution in [0.3, 0.4) is 0 Å². The molecule has 9 nitrogen and oxygen atoms in total. The molecule has 0 spiro atoms. The van der Waals surface area contributed by atoms with Gasteiger partial charge < -0.3 is 19.9 Å². The molecule has 1 aliphatic heterocycles. The van der Waals surface area contributed by atoms with Gasteiger partial charge in [-0.1, -0.05) is 75.6 Å². The van der Waals surface area contributed by atoms with Crippen LogP contribution in [-0.2, 0) is 28.7 Å². The molecular formula is C34H29BrF3N5O4. The Morgan fingerprint density at radius 3 is 2.53 bits per heavy atom. The number of rotatable bonds is 12. The van der Waals surface area contributed by atoms with Crippen molar-refractivity contribution < 1.29 is 32.5 Å². The monoisotopic (exact) mass is 707 g/mol. The van der Waals surface area contributed by atoms with Gasteiger partial charge in [0, 0.05) is 52.2 Å². The van der Waals surface area contributed by atoms with Crippen LogP contribution in [0.25, 0.3) is 10.4 Å². The summed E-state index contributed by atoms with van der Waals surface area (Å²) in [4.78, 5) is 22.4. The van der Waals surface area contributed by atoms with Crippen molar-refractivity contribution in [1.29, 1.82) is 0 Å². The topological polar surface area (TPSA) is 129 Å². The van der Waals surface area contributed by atoms with Gasteiger partial charge in [0.15, 0.2) is 11.6 Å². The maximum Gasteiger partial charge on any atom is 0.416 e. The zero-order valence-electron chi connectivity index (χ0n) is 24.8. The van der Waals surface area contributed by atoms with Crippen LogP contribution in [0.15, 0.2) is 112 Å². The summed E-state index contributed by atoms with van der Waals surface area (Å²) in [6, 6.07) is 25.6. The summed E-state index contributed by atoms with van der Waals surface area (Å²) in [5.74, 6) is 0.0867. The highest BCUT2D eigenvalue weighted by Crippen LogP contribution is 2.46. The van der Waals surface area contributed by atoms with Gasteiger partial charge in [0.2, 0.25) is 5.90 Å². The molecule has 1 heterocycles. The highest BCUT2D eigenvalue weighted by Gasteiger charge is 2.54. The normalized spacial score (nSPS) is 17.3. The lowest BCUT2D eigenvalue weighted by molar-refractivity contribution is -0.137. The van der Waals surface area contributed by atoms with E-state index < -0.39 is 29.3 Å². The van der Waals surface area contributed by atoms with Gasteiger partial charge in [0.05, 0.1) is 12.2 Å². The fourth-order valence-electron chi connectivity index (χ4n) is 5.23. The Labute approximate surface area is 276 Å². The summed E-state index contributed by atoms with van der Waals surface area (Å²) in [7, 11) is 0. The molecule has 0 fully saturated rings. The summed E-state index contributed by atoms with van der Waals surface area (Å²) < 4.78 is 53.1. The van der Waals surface area contributed by atoms with E-state index in [1.165, 1.54) is 12.1 Å². The molecule has 0 aromatic heterocycles. The van der Waals surface area contributed by atoms with Crippen LogP contribution in [0.1, 0.15) is 40.3 Å². The zero-order chi connectivity index (χ0) is 33.4. The predicted octanol–water partition coefficient (Wildman–Crippen LogP) is 7.99. The Hall–Kier alpha value is -4.84. The van der Waals surface area contributed by atoms with Crippen LogP contribution in [0.2, 0.25) is 0 Å². The lowest BCUT2D eigenvalue weighted by Gasteiger charge is -2.31. The van der Waals surface area contributed by atoms with E-state index in [-0.39, 0.29) is 36.7 Å². The van der Waals surface area contributed by atoms with Crippen molar-refractivity contribution in [3.8, 4) is 5.75 Å². The van der Waals surface area contributed by atoms with Crippen LogP contribution in [0.5, 0.6) is 5.75 Å². The molecule has 1 amide bonds. The predicted molar refractivity (Wildman–Crippen MR) is 173 cm³/mol. The molecule has 47 heavy (non-hydrogen) atoms. The Morgan fingerprint density at radius 2 is 1.81 bits per heavy atom. The first-order valence-corrected chi connectivity index (χ1v) is 15.4. The number of hydrogen-bond donors (Lipinski definition) is 2. The number of ether oxygens (including phenoxy) is 2. The average molecular weight is 709 g/mol.